The first-order valence-electron chi connectivity index (χ1n) is 1.49. The lowest BCUT2D eigenvalue weighted by molar-refractivity contribution is 0.271. The highest BCUT2D eigenvalue weighted by atomic mass is 35.5. The Labute approximate surface area is 51.0 Å². The molecule has 38 valence electrons. The van der Waals surface area contributed by atoms with Crippen LogP contribution in [0.15, 0.2) is 0 Å². The van der Waals surface area contributed by atoms with Gasteiger partial charge in [-0.05, 0) is 0 Å². The van der Waals surface area contributed by atoms with Gasteiger partial charge in [-0.2, -0.15) is 0 Å². The second-order valence-corrected chi connectivity index (χ2v) is 1.73. The molecule has 0 spiro atoms. The first-order valence-corrected chi connectivity index (χ1v) is 2.25. The van der Waals surface area contributed by atoms with Gasteiger partial charge in [0.15, 0.2) is 10.3 Å². The zero-order valence-electron chi connectivity index (χ0n) is 3.28. The van der Waals surface area contributed by atoms with Crippen LogP contribution in [0.2, 0.25) is 0 Å². The molecule has 0 saturated carbocycles. The van der Waals surface area contributed by atoms with Crippen molar-refractivity contribution in [2.45, 2.75) is 0 Å². The van der Waals surface area contributed by atoms with Crippen LogP contribution in [-0.2, 0) is 0 Å². The van der Waals surface area contributed by atoms with Crippen LogP contribution in [0.1, 0.15) is 0 Å². The lowest BCUT2D eigenvalue weighted by atomic mass is 9.84. The minimum Gasteiger partial charge on any atom is -0.293 e. The Balaban J connectivity index is 3.32. The molecule has 0 unspecified atom stereocenters. The molecule has 0 aromatic rings. The Morgan fingerprint density at radius 3 is 1.43 bits per heavy atom. The van der Waals surface area contributed by atoms with Crippen LogP contribution in [0.5, 0.6) is 0 Å². The summed E-state index contributed by atoms with van der Waals surface area (Å²) in [4.78, 5) is 19.4. The van der Waals surface area contributed by atoms with Crippen molar-refractivity contribution in [2.75, 3.05) is 0 Å². The normalized spacial score (nSPS) is 7.71. The lowest BCUT2D eigenvalue weighted by Gasteiger charge is -1.73. The van der Waals surface area contributed by atoms with Gasteiger partial charge in [0.25, 0.3) is 0 Å². The molecule has 0 bridgehead atoms. The molecule has 7 heavy (non-hydrogen) atoms. The largest absolute Gasteiger partial charge is 0.327 e. The number of hydrogen-bond donors (Lipinski definition) is 0. The number of hydrogen-bond acceptors (Lipinski definition) is 2. The molecular formula is C2HBCl2O2. The molecule has 0 radical (unpaired) electrons. The molecule has 0 aromatic carbocycles. The van der Waals surface area contributed by atoms with Crippen LogP contribution in [0.4, 0.5) is 9.59 Å². The van der Waals surface area contributed by atoms with Gasteiger partial charge in [0.1, 0.15) is 0 Å². The molecule has 0 fully saturated rings. The average molecular weight is 139 g/mol. The Kier molecular flexibility index (Phi) is 3.04. The van der Waals surface area contributed by atoms with Gasteiger partial charge in [0.05, 0.1) is 0 Å². The minimum atomic E-state index is -0.722. The fraction of sp³-hybridized carbons (Fsp3) is 0. The number of carbonyl (C=O) groups is 2. The van der Waals surface area contributed by atoms with Crippen molar-refractivity contribution in [3.05, 3.63) is 0 Å². The van der Waals surface area contributed by atoms with Crippen molar-refractivity contribution in [3.63, 3.8) is 0 Å². The van der Waals surface area contributed by atoms with E-state index in [1.54, 1.807) is 0 Å². The fourth-order valence-corrected chi connectivity index (χ4v) is 0.420. The molecular weight excluding hydrogens is 138 g/mol. The minimum absolute atomic E-state index is 0.386. The summed E-state index contributed by atoms with van der Waals surface area (Å²) in [6.45, 7) is 0. The first-order chi connectivity index (χ1) is 3.13. The monoisotopic (exact) mass is 138 g/mol. The van der Waals surface area contributed by atoms with E-state index < -0.39 is 10.3 Å². The lowest BCUT2D eigenvalue weighted by Crippen LogP contribution is -2.04. The molecule has 0 rings (SSSR count). The van der Waals surface area contributed by atoms with Crippen LogP contribution >= 0.6 is 23.2 Å². The molecule has 0 heterocycles. The summed E-state index contributed by atoms with van der Waals surface area (Å²) in [6.07, 6.45) is 0. The third kappa shape index (κ3) is 5.98. The molecule has 2 nitrogen and oxygen atoms in total. The molecule has 0 aliphatic heterocycles. The van der Waals surface area contributed by atoms with Crippen molar-refractivity contribution < 1.29 is 9.59 Å². The highest BCUT2D eigenvalue weighted by Crippen LogP contribution is 1.85. The second kappa shape index (κ2) is 3.05. The molecule has 0 atom stereocenters. The van der Waals surface area contributed by atoms with Crippen LogP contribution in [-0.4, -0.2) is 17.6 Å². The number of carbonyl (C=O) groups excluding carboxylic acids is 2. The Morgan fingerprint density at radius 2 is 1.43 bits per heavy atom. The van der Waals surface area contributed by atoms with Crippen molar-refractivity contribution in [2.24, 2.45) is 0 Å². The Hall–Kier alpha value is -0.0151. The van der Waals surface area contributed by atoms with E-state index in [-0.39, 0.29) is 7.28 Å². The van der Waals surface area contributed by atoms with Gasteiger partial charge in [-0.25, -0.2) is 0 Å². The zero-order chi connectivity index (χ0) is 5.86. The quantitative estimate of drug-likeness (QED) is 0.424. The van der Waals surface area contributed by atoms with E-state index in [4.69, 9.17) is 23.2 Å². The van der Waals surface area contributed by atoms with Gasteiger partial charge in [-0.15, -0.1) is 0 Å². The summed E-state index contributed by atoms with van der Waals surface area (Å²) in [5.41, 5.74) is 0. The second-order valence-electron chi connectivity index (χ2n) is 0.887. The third-order valence-corrected chi connectivity index (χ3v) is 0.545. The highest BCUT2D eigenvalue weighted by Gasteiger charge is 2.04. The summed E-state index contributed by atoms with van der Waals surface area (Å²) < 4.78 is 0. The summed E-state index contributed by atoms with van der Waals surface area (Å²) >= 11 is 9.46. The van der Waals surface area contributed by atoms with Gasteiger partial charge >= 0.3 is 7.28 Å². The molecule has 0 aliphatic carbocycles. The molecule has 0 N–H and O–H groups in total. The third-order valence-electron chi connectivity index (χ3n) is 0.278. The SMILES string of the molecule is O=C(Cl)BC(=O)Cl. The maximum atomic E-state index is 9.71. The van der Waals surface area contributed by atoms with Crippen LogP contribution in [0.3, 0.4) is 0 Å². The van der Waals surface area contributed by atoms with E-state index in [1.165, 1.54) is 0 Å². The standard InChI is InChI=1S/C2HBCl2O2/c4-1(6)3-2(5)7/h3H. The van der Waals surface area contributed by atoms with Crippen LogP contribution < -0.4 is 0 Å². The first kappa shape index (κ1) is 6.98. The summed E-state index contributed by atoms with van der Waals surface area (Å²) in [6, 6.07) is 0. The number of halogens is 2. The highest BCUT2D eigenvalue weighted by molar-refractivity contribution is 7.20. The van der Waals surface area contributed by atoms with E-state index in [1.807, 2.05) is 0 Å². The predicted molar refractivity (Wildman–Crippen MR) is 29.6 cm³/mol. The molecule has 5 heteroatoms. The Morgan fingerprint density at radius 1 is 1.14 bits per heavy atom. The van der Waals surface area contributed by atoms with Gasteiger partial charge in [0, 0.05) is 0 Å². The molecule has 0 aliphatic rings. The maximum Gasteiger partial charge on any atom is 0.327 e. The number of rotatable bonds is 2. The molecule has 0 amide bonds. The summed E-state index contributed by atoms with van der Waals surface area (Å²) in [7, 11) is -0.386. The zero-order valence-corrected chi connectivity index (χ0v) is 4.79. The van der Waals surface area contributed by atoms with Gasteiger partial charge in [0.2, 0.25) is 0 Å². The average Bonchev–Trinajstić information content (AvgIpc) is 1.27. The van der Waals surface area contributed by atoms with Crippen molar-refractivity contribution in [1.29, 1.82) is 0 Å². The summed E-state index contributed by atoms with van der Waals surface area (Å²) in [5, 5.41) is -1.44. The van der Waals surface area contributed by atoms with Gasteiger partial charge in [-0.1, -0.05) is 23.2 Å². The van der Waals surface area contributed by atoms with Gasteiger partial charge in [-0.3, -0.25) is 9.59 Å². The van der Waals surface area contributed by atoms with E-state index in [0.29, 0.717) is 0 Å². The van der Waals surface area contributed by atoms with E-state index in [9.17, 15) is 9.59 Å². The fourth-order valence-electron chi connectivity index (χ4n) is 0.109. The van der Waals surface area contributed by atoms with Gasteiger partial charge < -0.3 is 0 Å². The molecule has 0 aromatic heterocycles. The smallest absolute Gasteiger partial charge is 0.293 e. The van der Waals surface area contributed by atoms with Crippen molar-refractivity contribution in [3.8, 4) is 0 Å². The maximum absolute atomic E-state index is 9.71. The Bertz CT molecular complexity index is 89.9. The predicted octanol–water partition coefficient (Wildman–Crippen LogP) is 1.14. The van der Waals surface area contributed by atoms with E-state index >= 15 is 0 Å². The molecule has 0 saturated heterocycles. The van der Waals surface area contributed by atoms with Crippen LogP contribution in [0.25, 0.3) is 0 Å². The topological polar surface area (TPSA) is 34.1 Å². The summed E-state index contributed by atoms with van der Waals surface area (Å²) in [5.74, 6) is 0. The van der Waals surface area contributed by atoms with E-state index in [2.05, 4.69) is 0 Å². The van der Waals surface area contributed by atoms with E-state index in [0.717, 1.165) is 0 Å². The van der Waals surface area contributed by atoms with Crippen molar-refractivity contribution >= 4 is 40.8 Å². The van der Waals surface area contributed by atoms with Crippen molar-refractivity contribution in [1.82, 2.24) is 0 Å². The van der Waals surface area contributed by atoms with Crippen LogP contribution in [0, 0.1) is 0 Å².